The molecule has 4 atom stereocenters. The molecule has 0 bridgehead atoms. The van der Waals surface area contributed by atoms with E-state index in [2.05, 4.69) is 51.1 Å². The third-order valence-corrected chi connectivity index (χ3v) is 17.8. The van der Waals surface area contributed by atoms with Crippen molar-refractivity contribution < 1.29 is 60.1 Å². The van der Waals surface area contributed by atoms with Crippen molar-refractivity contribution in [2.75, 3.05) is 72.4 Å². The van der Waals surface area contributed by atoms with Gasteiger partial charge in [-0.15, -0.1) is 12.4 Å². The molecule has 4 spiro atoms. The lowest BCUT2D eigenvalue weighted by atomic mass is 9.91. The Bertz CT molecular complexity index is 2570. The summed E-state index contributed by atoms with van der Waals surface area (Å²) in [5, 5.41) is 9.84. The Morgan fingerprint density at radius 2 is 0.809 bits per heavy atom. The van der Waals surface area contributed by atoms with E-state index in [-0.39, 0.29) is 108 Å². The van der Waals surface area contributed by atoms with Gasteiger partial charge in [0, 0.05) is 83.8 Å². The van der Waals surface area contributed by atoms with E-state index in [9.17, 15) is 50.6 Å². The summed E-state index contributed by atoms with van der Waals surface area (Å²) in [6, 6.07) is 30.1. The van der Waals surface area contributed by atoms with Crippen LogP contribution in [0.15, 0.2) is 91.0 Å². The lowest BCUT2D eigenvalue weighted by molar-refractivity contribution is -0.191. The molecule has 14 nitrogen and oxygen atoms in total. The van der Waals surface area contributed by atoms with Crippen LogP contribution in [0.3, 0.4) is 0 Å². The summed E-state index contributed by atoms with van der Waals surface area (Å²) in [5.41, 5.74) is 1.71. The number of carbonyl (C=O) groups is 4. The minimum absolute atomic E-state index is 0. The molecule has 3 aromatic carbocycles. The van der Waals surface area contributed by atoms with Gasteiger partial charge >= 0.3 is 24.3 Å². The second-order valence-corrected chi connectivity index (χ2v) is 26.8. The summed E-state index contributed by atoms with van der Waals surface area (Å²) >= 11 is 0. The molecule has 4 saturated heterocycles. The third kappa shape index (κ3) is 20.2. The first-order valence-corrected chi connectivity index (χ1v) is 30.0. The van der Waals surface area contributed by atoms with E-state index in [1.165, 1.54) is 16.7 Å². The van der Waals surface area contributed by atoms with Gasteiger partial charge in [-0.2, -0.15) is 13.2 Å². The molecule has 11 rings (SSSR count). The summed E-state index contributed by atoms with van der Waals surface area (Å²) in [6.45, 7) is 17.4. The molecule has 504 valence electrons. The van der Waals surface area contributed by atoms with Crippen molar-refractivity contribution in [3.63, 3.8) is 0 Å². The van der Waals surface area contributed by atoms with E-state index in [0.29, 0.717) is 45.3 Å². The molecule has 89 heavy (non-hydrogen) atoms. The van der Waals surface area contributed by atoms with Crippen LogP contribution in [0, 0.1) is 5.92 Å². The highest BCUT2D eigenvalue weighted by molar-refractivity contribution is 5.85. The van der Waals surface area contributed by atoms with E-state index >= 15 is 0 Å². The molecule has 4 heterocycles. The van der Waals surface area contributed by atoms with E-state index in [1.54, 1.807) is 11.8 Å². The van der Waals surface area contributed by atoms with Crippen LogP contribution >= 0.6 is 12.4 Å². The van der Waals surface area contributed by atoms with Crippen LogP contribution in [0.5, 0.6) is 0 Å². The zero-order chi connectivity index (χ0) is 60.9. The van der Waals surface area contributed by atoms with Crippen molar-refractivity contribution in [1.82, 2.24) is 34.3 Å². The maximum Gasteiger partial charge on any atom is 0.471 e. The number of hydrogen-bond donors (Lipinski definition) is 1. The maximum atomic E-state index is 13.7. The topological polar surface area (TPSA) is 130 Å². The molecule has 4 saturated carbocycles. The Morgan fingerprint density at radius 1 is 0.483 bits per heavy atom. The zero-order valence-corrected chi connectivity index (χ0v) is 51.5. The number of ether oxygens (including phenoxy) is 2. The van der Waals surface area contributed by atoms with Crippen molar-refractivity contribution in [2.24, 2.45) is 5.92 Å². The molecule has 21 heteroatoms. The van der Waals surface area contributed by atoms with Gasteiger partial charge in [-0.25, -0.2) is 18.4 Å². The predicted molar refractivity (Wildman–Crippen MR) is 343 cm³/mol. The van der Waals surface area contributed by atoms with Gasteiger partial charge in [0.25, 0.3) is 0 Å². The lowest BCUT2D eigenvalue weighted by Gasteiger charge is -2.46. The van der Waals surface area contributed by atoms with Crippen molar-refractivity contribution in [3.05, 3.63) is 108 Å². The number of likely N-dealkylation sites (tertiary alicyclic amines) is 1. The molecule has 3 aromatic rings. The van der Waals surface area contributed by atoms with Gasteiger partial charge in [0.1, 0.15) is 24.6 Å². The Labute approximate surface area is 534 Å². The van der Waals surface area contributed by atoms with Gasteiger partial charge < -0.3 is 24.4 Å². The van der Waals surface area contributed by atoms with Gasteiger partial charge in [0.2, 0.25) is 5.91 Å². The molecule has 4 amide bonds. The summed E-state index contributed by atoms with van der Waals surface area (Å²) in [5.74, 6) is -2.15. The van der Waals surface area contributed by atoms with E-state index in [0.717, 1.165) is 82.7 Å². The first kappa shape index (κ1) is 78.1. The van der Waals surface area contributed by atoms with Crippen LogP contribution in [-0.4, -0.2) is 194 Å². The fourth-order valence-corrected chi connectivity index (χ4v) is 12.6. The Kier molecular flexibility index (Phi) is 28.0. The summed E-state index contributed by atoms with van der Waals surface area (Å²) in [7, 11) is 0. The molecule has 4 aliphatic carbocycles. The highest BCUT2D eigenvalue weighted by Crippen LogP contribution is 2.51. The zero-order valence-electron chi connectivity index (χ0n) is 50.6. The number of aliphatic hydroxyl groups excluding tert-OH is 1. The van der Waals surface area contributed by atoms with Crippen molar-refractivity contribution in [3.8, 4) is 0 Å². The molecule has 8 fully saturated rings. The Hall–Kier alpha value is -5.15. The minimum atomic E-state index is -4.84. The van der Waals surface area contributed by atoms with Crippen LogP contribution in [0.2, 0.25) is 0 Å². The van der Waals surface area contributed by atoms with Crippen LogP contribution in [0.4, 0.5) is 35.9 Å². The molecule has 0 radical (unpaired) electrons. The normalized spacial score (nSPS) is 23.3. The number of carbonyl (C=O) groups excluding carboxylic acids is 4. The molecule has 4 aliphatic heterocycles. The van der Waals surface area contributed by atoms with Crippen molar-refractivity contribution in [2.45, 2.75) is 220 Å². The van der Waals surface area contributed by atoms with Crippen LogP contribution in [0.1, 0.15) is 159 Å². The number of piperazine rings is 3. The number of halogens is 7. The molecular formula is C68H106ClF6N7O7. The van der Waals surface area contributed by atoms with Crippen molar-refractivity contribution >= 4 is 36.4 Å². The summed E-state index contributed by atoms with van der Waals surface area (Å²) < 4.78 is 87.7. The molecule has 8 aliphatic rings. The Morgan fingerprint density at radius 3 is 1.10 bits per heavy atom. The third-order valence-electron chi connectivity index (χ3n) is 17.8. The summed E-state index contributed by atoms with van der Waals surface area (Å²) in [4.78, 5) is 61.2. The molecule has 1 N–H and O–H groups in total. The van der Waals surface area contributed by atoms with Gasteiger partial charge in [0.15, 0.2) is 0 Å². The molecular weight excluding hydrogens is 1180 g/mol. The van der Waals surface area contributed by atoms with Gasteiger partial charge in [-0.05, 0) is 122 Å². The average molecular weight is 1280 g/mol. The lowest BCUT2D eigenvalue weighted by Crippen LogP contribution is -2.62. The highest BCUT2D eigenvalue weighted by atomic mass is 35.5. The van der Waals surface area contributed by atoms with Crippen LogP contribution in [0.25, 0.3) is 0 Å². The number of benzene rings is 3. The van der Waals surface area contributed by atoms with Gasteiger partial charge in [-0.1, -0.05) is 121 Å². The monoisotopic (exact) mass is 1280 g/mol. The largest absolute Gasteiger partial charge is 0.471 e. The summed E-state index contributed by atoms with van der Waals surface area (Å²) in [6.07, 6.45) is 2.99. The van der Waals surface area contributed by atoms with Gasteiger partial charge in [0.05, 0.1) is 48.0 Å². The molecule has 0 aromatic heterocycles. The predicted octanol–water partition coefficient (Wildman–Crippen LogP) is 13.7. The first-order chi connectivity index (χ1) is 39.7. The second-order valence-electron chi connectivity index (χ2n) is 26.8. The number of rotatable bonds is 10. The maximum absolute atomic E-state index is 13.7. The number of alkyl halides is 6. The average Bonchev–Trinajstić information content (AvgIpc) is 1.65. The van der Waals surface area contributed by atoms with E-state index < -0.39 is 54.8 Å². The minimum Gasteiger partial charge on any atom is -0.444 e. The van der Waals surface area contributed by atoms with Gasteiger partial charge in [-0.3, -0.25) is 38.5 Å². The fourth-order valence-electron chi connectivity index (χ4n) is 12.6. The highest BCUT2D eigenvalue weighted by Gasteiger charge is 2.60. The number of nitrogens with zero attached hydrogens (tertiary/aromatic N) is 7. The van der Waals surface area contributed by atoms with E-state index in [4.69, 9.17) is 9.47 Å². The first-order valence-electron chi connectivity index (χ1n) is 30.0. The fraction of sp³-hybridized carbons (Fsp3) is 0.676. The quantitative estimate of drug-likeness (QED) is 0.196. The SMILES string of the molecule is C.C.C.C.CC(=O)N1C[C@H](CF)N(Cc2ccccc2)CC12CC2.CC(C)(C)OC(=O)N1C[C@H](CF)N(Cc2ccccc2)CC12CC2.CC(C)(C)OC(=O)N1C[C@H](CO)N(Cc2ccccc2)CC12CC2.Cl.O=C(N1C[C@H](CF)CCC12CC2)C(F)(F)F. The van der Waals surface area contributed by atoms with Crippen LogP contribution in [-0.2, 0) is 38.7 Å². The van der Waals surface area contributed by atoms with Crippen molar-refractivity contribution in [1.29, 1.82) is 0 Å². The standard InChI is InChI=1S/C19H27FN2O2.C19H28N2O3.C16H21FN2O.C10H13F4NO.4CH4.ClH/c1-18(2,3)24-17(23)22-13-16(11-20)21(14-19(22)9-10-19)12-15-7-5-4-6-8-15;1-18(2,3)24-17(23)21-12-16(13-22)20(14-19(21)9-10-19)11-15-7-5-4-6-8-15;1-13(20)19-11-15(9-17)18(12-16(19)7-8-16)10-14-5-3-2-4-6-14;11-5-7-1-2-9(3-4-9)15(6-7)8(16)10(12,13)14;;;;;/h4-8,16H,9-14H2,1-3H3;4-8,16,22H,9-14H2,1-3H3;2-6,15H,7-12H2,1H3;7H,1-6H2;4*1H4;1H/t2*16-;15-;7-;;;;;/m0100...../s1. The Balaban J connectivity index is 0.000000308. The second kappa shape index (κ2) is 31.9. The smallest absolute Gasteiger partial charge is 0.444 e. The molecule has 0 unspecified atom stereocenters. The number of piperidine rings is 1. The number of hydrogen-bond acceptors (Lipinski definition) is 10. The number of amides is 4. The van der Waals surface area contributed by atoms with E-state index in [1.807, 2.05) is 106 Å². The van der Waals surface area contributed by atoms with Crippen LogP contribution < -0.4 is 0 Å². The number of aliphatic hydroxyl groups is 1.